The molecule has 1 saturated heterocycles. The topological polar surface area (TPSA) is 92.2 Å². The van der Waals surface area contributed by atoms with Crippen molar-refractivity contribution in [1.82, 2.24) is 9.78 Å². The van der Waals surface area contributed by atoms with Crippen molar-refractivity contribution in [3.63, 3.8) is 0 Å². The largest absolute Gasteiger partial charge is 0.369 e. The van der Waals surface area contributed by atoms with Gasteiger partial charge in [-0.25, -0.2) is 8.42 Å². The van der Waals surface area contributed by atoms with Crippen molar-refractivity contribution >= 4 is 32.9 Å². The molecule has 29 heavy (non-hydrogen) atoms. The van der Waals surface area contributed by atoms with Crippen LogP contribution >= 0.6 is 11.6 Å². The predicted molar refractivity (Wildman–Crippen MR) is 114 cm³/mol. The normalized spacial score (nSPS) is 16.8. The second-order valence-electron chi connectivity index (χ2n) is 8.26. The molecule has 0 bridgehead atoms. The van der Waals surface area contributed by atoms with Crippen molar-refractivity contribution in [2.75, 3.05) is 24.2 Å². The Bertz CT molecular complexity index is 1110. The maximum atomic E-state index is 13.0. The van der Waals surface area contributed by atoms with E-state index in [2.05, 4.69) is 18.9 Å². The van der Waals surface area contributed by atoms with E-state index >= 15 is 0 Å². The van der Waals surface area contributed by atoms with E-state index in [9.17, 15) is 18.0 Å². The van der Waals surface area contributed by atoms with Gasteiger partial charge in [0.2, 0.25) is 5.78 Å². The minimum atomic E-state index is -3.56. The maximum Gasteiger partial charge on any atom is 0.277 e. The van der Waals surface area contributed by atoms with E-state index in [0.717, 1.165) is 19.1 Å². The Morgan fingerprint density at radius 2 is 1.83 bits per heavy atom. The predicted octanol–water partition coefficient (Wildman–Crippen LogP) is 3.11. The number of H-pyrrole nitrogens is 1. The highest BCUT2D eigenvalue weighted by Gasteiger charge is 2.31. The van der Waals surface area contributed by atoms with Gasteiger partial charge in [0.05, 0.1) is 15.6 Å². The number of hydrogen-bond acceptors (Lipinski definition) is 5. The first-order valence-electron chi connectivity index (χ1n) is 9.56. The SMILES string of the molecule is CCn1[nH]cc(C(=O)c2ccc(S(C)(=O)=O)c(N3CCC(C)(C)CC3)c2Cl)c1=O. The molecule has 1 aliphatic heterocycles. The summed E-state index contributed by atoms with van der Waals surface area (Å²) in [6.07, 6.45) is 4.25. The Morgan fingerprint density at radius 3 is 2.34 bits per heavy atom. The van der Waals surface area contributed by atoms with Crippen molar-refractivity contribution < 1.29 is 13.2 Å². The lowest BCUT2D eigenvalue weighted by Gasteiger charge is -2.39. The van der Waals surface area contributed by atoms with Gasteiger partial charge in [-0.3, -0.25) is 14.3 Å². The van der Waals surface area contributed by atoms with Crippen LogP contribution in [0.5, 0.6) is 0 Å². The van der Waals surface area contributed by atoms with E-state index in [1.54, 1.807) is 6.92 Å². The number of carbonyl (C=O) groups is 1. The molecule has 1 aromatic heterocycles. The summed E-state index contributed by atoms with van der Waals surface area (Å²) in [7, 11) is -3.56. The minimum Gasteiger partial charge on any atom is -0.369 e. The fourth-order valence-corrected chi connectivity index (χ4v) is 4.93. The van der Waals surface area contributed by atoms with E-state index in [4.69, 9.17) is 11.6 Å². The van der Waals surface area contributed by atoms with Crippen molar-refractivity contribution in [3.05, 3.63) is 44.8 Å². The van der Waals surface area contributed by atoms with Gasteiger partial charge in [-0.15, -0.1) is 0 Å². The fourth-order valence-electron chi connectivity index (χ4n) is 3.60. The standard InChI is InChI=1S/C20H26ClN3O4S/c1-5-24-19(26)14(12-22-24)18(25)13-6-7-15(29(4,27)28)17(16(13)21)23-10-8-20(2,3)9-11-23/h6-7,12,22H,5,8-11H2,1-4H3. The minimum absolute atomic E-state index is 0.0217. The number of ketones is 1. The lowest BCUT2D eigenvalue weighted by Crippen LogP contribution is -2.38. The summed E-state index contributed by atoms with van der Waals surface area (Å²) in [5, 5.41) is 2.82. The molecular weight excluding hydrogens is 414 g/mol. The molecular formula is C20H26ClN3O4S. The zero-order chi connectivity index (χ0) is 21.6. The lowest BCUT2D eigenvalue weighted by molar-refractivity contribution is 0.103. The van der Waals surface area contributed by atoms with Gasteiger partial charge in [-0.05, 0) is 37.3 Å². The van der Waals surface area contributed by atoms with Crippen LogP contribution in [-0.4, -0.2) is 43.3 Å². The molecule has 1 aliphatic rings. The number of sulfone groups is 1. The van der Waals surface area contributed by atoms with E-state index in [1.165, 1.54) is 23.0 Å². The fraction of sp³-hybridized carbons (Fsp3) is 0.500. The van der Waals surface area contributed by atoms with Crippen LogP contribution < -0.4 is 10.5 Å². The lowest BCUT2D eigenvalue weighted by atomic mass is 9.82. The third kappa shape index (κ3) is 4.14. The number of nitrogens with zero attached hydrogens (tertiary/aromatic N) is 2. The van der Waals surface area contributed by atoms with Gasteiger partial charge in [0.15, 0.2) is 9.84 Å². The number of aromatic amines is 1. The van der Waals surface area contributed by atoms with Gasteiger partial charge in [0, 0.05) is 37.7 Å². The Kier molecular flexibility index (Phi) is 5.71. The second-order valence-corrected chi connectivity index (χ2v) is 10.6. The summed E-state index contributed by atoms with van der Waals surface area (Å²) < 4.78 is 26.1. The van der Waals surface area contributed by atoms with Crippen LogP contribution in [0.1, 0.15) is 49.5 Å². The molecule has 1 N–H and O–H groups in total. The quantitative estimate of drug-likeness (QED) is 0.722. The summed E-state index contributed by atoms with van der Waals surface area (Å²) >= 11 is 6.62. The number of halogens is 1. The second kappa shape index (κ2) is 7.65. The van der Waals surface area contributed by atoms with Crippen LogP contribution in [0.3, 0.4) is 0 Å². The van der Waals surface area contributed by atoms with Crippen molar-refractivity contribution in [2.24, 2.45) is 5.41 Å². The first-order valence-corrected chi connectivity index (χ1v) is 11.8. The van der Waals surface area contributed by atoms with E-state index in [-0.39, 0.29) is 26.5 Å². The van der Waals surface area contributed by atoms with Crippen molar-refractivity contribution in [2.45, 2.75) is 45.1 Å². The molecule has 1 fully saturated rings. The molecule has 9 heteroatoms. The zero-order valence-corrected chi connectivity index (χ0v) is 18.7. The molecule has 0 aliphatic carbocycles. The molecule has 2 heterocycles. The molecule has 1 aromatic carbocycles. The highest BCUT2D eigenvalue weighted by Crippen LogP contribution is 2.40. The number of aryl methyl sites for hydroxylation is 1. The van der Waals surface area contributed by atoms with E-state index < -0.39 is 21.2 Å². The van der Waals surface area contributed by atoms with E-state index in [0.29, 0.717) is 25.3 Å². The van der Waals surface area contributed by atoms with Gasteiger partial charge in [-0.2, -0.15) is 0 Å². The monoisotopic (exact) mass is 439 g/mol. The maximum absolute atomic E-state index is 13.0. The number of benzene rings is 1. The molecule has 0 spiro atoms. The summed E-state index contributed by atoms with van der Waals surface area (Å²) in [5.74, 6) is -0.526. The Balaban J connectivity index is 2.12. The highest BCUT2D eigenvalue weighted by molar-refractivity contribution is 7.90. The third-order valence-electron chi connectivity index (χ3n) is 5.56. The molecule has 7 nitrogen and oxygen atoms in total. The van der Waals surface area contributed by atoms with E-state index in [1.807, 2.05) is 4.90 Å². The van der Waals surface area contributed by atoms with Gasteiger partial charge < -0.3 is 10.00 Å². The van der Waals surface area contributed by atoms with Crippen molar-refractivity contribution in [3.8, 4) is 0 Å². The van der Waals surface area contributed by atoms with Crippen LogP contribution in [0.25, 0.3) is 0 Å². The molecule has 0 atom stereocenters. The molecule has 0 saturated carbocycles. The van der Waals surface area contributed by atoms with Crippen LogP contribution in [0.4, 0.5) is 5.69 Å². The average Bonchev–Trinajstić information content (AvgIpc) is 3.01. The van der Waals surface area contributed by atoms with Gasteiger partial charge in [-0.1, -0.05) is 25.4 Å². The number of piperidine rings is 1. The summed E-state index contributed by atoms with van der Waals surface area (Å²) in [6.45, 7) is 7.82. The van der Waals surface area contributed by atoms with Gasteiger partial charge in [0.25, 0.3) is 5.56 Å². The smallest absolute Gasteiger partial charge is 0.277 e. The first kappa shape index (κ1) is 21.6. The Morgan fingerprint density at radius 1 is 1.21 bits per heavy atom. The van der Waals surface area contributed by atoms with Gasteiger partial charge in [0.1, 0.15) is 5.56 Å². The number of anilines is 1. The zero-order valence-electron chi connectivity index (χ0n) is 17.1. The molecule has 3 rings (SSSR count). The molecule has 0 unspecified atom stereocenters. The third-order valence-corrected chi connectivity index (χ3v) is 7.07. The number of aromatic nitrogens is 2. The van der Waals surface area contributed by atoms with Crippen LogP contribution in [-0.2, 0) is 16.4 Å². The number of rotatable bonds is 5. The number of hydrogen-bond donors (Lipinski definition) is 1. The molecule has 0 amide bonds. The molecule has 158 valence electrons. The number of nitrogens with one attached hydrogen (secondary N) is 1. The van der Waals surface area contributed by atoms with Gasteiger partial charge >= 0.3 is 0 Å². The summed E-state index contributed by atoms with van der Waals surface area (Å²) in [4.78, 5) is 27.4. The number of carbonyl (C=O) groups excluding carboxylic acids is 1. The molecule has 2 aromatic rings. The first-order chi connectivity index (χ1) is 13.5. The average molecular weight is 440 g/mol. The van der Waals surface area contributed by atoms with Crippen LogP contribution in [0, 0.1) is 5.41 Å². The Hall–Kier alpha value is -2.06. The van der Waals surface area contributed by atoms with Crippen molar-refractivity contribution in [1.29, 1.82) is 0 Å². The molecule has 0 radical (unpaired) electrons. The Labute approximate surface area is 175 Å². The summed E-state index contributed by atoms with van der Waals surface area (Å²) in [6, 6.07) is 2.80. The van der Waals surface area contributed by atoms with Crippen LogP contribution in [0.2, 0.25) is 5.02 Å². The summed E-state index contributed by atoms with van der Waals surface area (Å²) in [5.41, 5.74) is 0.187. The highest BCUT2D eigenvalue weighted by atomic mass is 35.5. The van der Waals surface area contributed by atoms with Crippen LogP contribution in [0.15, 0.2) is 28.0 Å².